The van der Waals surface area contributed by atoms with Crippen LogP contribution in [0, 0.1) is 0 Å². The van der Waals surface area contributed by atoms with Crippen molar-refractivity contribution in [1.29, 1.82) is 0 Å². The number of hydrogen-bond donors (Lipinski definition) is 1. The van der Waals surface area contributed by atoms with Crippen LogP contribution >= 0.6 is 0 Å². The van der Waals surface area contributed by atoms with Gasteiger partial charge < -0.3 is 24.0 Å². The average Bonchev–Trinajstić information content (AvgIpc) is 3.38. The number of aliphatic hydroxyl groups is 1. The van der Waals surface area contributed by atoms with Gasteiger partial charge in [0, 0.05) is 39.3 Å². The largest absolute Gasteiger partial charge is 0.389 e. The van der Waals surface area contributed by atoms with Gasteiger partial charge in [0.15, 0.2) is 17.0 Å². The maximum atomic E-state index is 10.5. The van der Waals surface area contributed by atoms with E-state index in [0.717, 1.165) is 69.3 Å². The van der Waals surface area contributed by atoms with E-state index in [1.807, 2.05) is 11.6 Å². The molecule has 0 amide bonds. The molecule has 9 nitrogen and oxygen atoms in total. The number of aliphatic hydroxyl groups excluding tert-OH is 1. The zero-order valence-electron chi connectivity index (χ0n) is 16.7. The summed E-state index contributed by atoms with van der Waals surface area (Å²) in [5.74, 6) is 0.816. The van der Waals surface area contributed by atoms with Crippen molar-refractivity contribution >= 4 is 17.0 Å². The molecule has 28 heavy (non-hydrogen) atoms. The van der Waals surface area contributed by atoms with Crippen molar-refractivity contribution in [2.24, 2.45) is 0 Å². The molecule has 0 saturated carbocycles. The maximum absolute atomic E-state index is 10.5. The molecule has 2 fully saturated rings. The Morgan fingerprint density at radius 1 is 1.21 bits per heavy atom. The number of imidazole rings is 1. The van der Waals surface area contributed by atoms with Gasteiger partial charge in [0.25, 0.3) is 0 Å². The summed E-state index contributed by atoms with van der Waals surface area (Å²) in [6.45, 7) is 7.82. The van der Waals surface area contributed by atoms with Gasteiger partial charge >= 0.3 is 0 Å². The Morgan fingerprint density at radius 3 is 2.79 bits per heavy atom. The highest BCUT2D eigenvalue weighted by Crippen LogP contribution is 2.24. The number of ether oxygens (including phenoxy) is 2. The lowest BCUT2D eigenvalue weighted by molar-refractivity contribution is -0.00902. The molecule has 2 aliphatic rings. The number of aromatic nitrogens is 4. The van der Waals surface area contributed by atoms with Gasteiger partial charge in [-0.1, -0.05) is 0 Å². The van der Waals surface area contributed by atoms with Crippen LogP contribution in [-0.2, 0) is 16.0 Å². The van der Waals surface area contributed by atoms with Crippen molar-refractivity contribution in [3.63, 3.8) is 0 Å². The summed E-state index contributed by atoms with van der Waals surface area (Å²) in [6.07, 6.45) is 4.56. The lowest BCUT2D eigenvalue weighted by atomic mass is 10.1. The van der Waals surface area contributed by atoms with Crippen molar-refractivity contribution < 1.29 is 14.6 Å². The predicted molar refractivity (Wildman–Crippen MR) is 105 cm³/mol. The molecule has 2 aliphatic heterocycles. The molecular weight excluding hydrogens is 360 g/mol. The molecule has 9 heteroatoms. The zero-order valence-corrected chi connectivity index (χ0v) is 16.7. The second-order valence-electron chi connectivity index (χ2n) is 7.76. The predicted octanol–water partition coefficient (Wildman–Crippen LogP) is 0.523. The second kappa shape index (κ2) is 8.69. The molecule has 0 bridgehead atoms. The SMILES string of the molecule is CC(CN1CCOCC1)N(C)c1ncnc2c1ncn2CC(O)C1CCCO1. The fourth-order valence-electron chi connectivity index (χ4n) is 3.97. The Labute approximate surface area is 165 Å². The smallest absolute Gasteiger partial charge is 0.165 e. The van der Waals surface area contributed by atoms with Crippen molar-refractivity contribution in [3.05, 3.63) is 12.7 Å². The first-order chi connectivity index (χ1) is 13.6. The van der Waals surface area contributed by atoms with E-state index >= 15 is 0 Å². The standard InChI is InChI=1S/C19H30N6O3/c1-14(10-24-5-8-27-9-6-24)23(2)18-17-19(21-12-20-18)25(13-22-17)11-15(26)16-4-3-7-28-16/h12-16,26H,3-11H2,1-2H3. The summed E-state index contributed by atoms with van der Waals surface area (Å²) in [5, 5.41) is 10.5. The molecule has 1 N–H and O–H groups in total. The lowest BCUT2D eigenvalue weighted by Gasteiger charge is -2.33. The maximum Gasteiger partial charge on any atom is 0.165 e. The van der Waals surface area contributed by atoms with Gasteiger partial charge in [-0.25, -0.2) is 15.0 Å². The van der Waals surface area contributed by atoms with Crippen LogP contribution in [0.2, 0.25) is 0 Å². The fraction of sp³-hybridized carbons (Fsp3) is 0.737. The Hall–Kier alpha value is -1.81. The summed E-state index contributed by atoms with van der Waals surface area (Å²) in [5.41, 5.74) is 1.51. The quantitative estimate of drug-likeness (QED) is 0.732. The van der Waals surface area contributed by atoms with Gasteiger partial charge in [-0.15, -0.1) is 0 Å². The van der Waals surface area contributed by atoms with Crippen LogP contribution in [0.25, 0.3) is 11.2 Å². The number of anilines is 1. The Balaban J connectivity index is 1.48. The van der Waals surface area contributed by atoms with Crippen molar-refractivity contribution in [2.45, 2.75) is 44.6 Å². The average molecular weight is 390 g/mol. The molecule has 154 valence electrons. The molecular formula is C19H30N6O3. The van der Waals surface area contributed by atoms with E-state index in [2.05, 4.69) is 31.7 Å². The van der Waals surface area contributed by atoms with E-state index in [-0.39, 0.29) is 12.1 Å². The van der Waals surface area contributed by atoms with Crippen molar-refractivity contribution in [3.8, 4) is 0 Å². The molecule has 2 aromatic rings. The normalized spacial score (nSPS) is 23.2. The van der Waals surface area contributed by atoms with Crippen LogP contribution in [0.1, 0.15) is 19.8 Å². The topological polar surface area (TPSA) is 88.8 Å². The first-order valence-electron chi connectivity index (χ1n) is 10.1. The molecule has 2 saturated heterocycles. The highest BCUT2D eigenvalue weighted by Gasteiger charge is 2.26. The van der Waals surface area contributed by atoms with Gasteiger partial charge in [0.2, 0.25) is 0 Å². The van der Waals surface area contributed by atoms with Crippen molar-refractivity contribution in [1.82, 2.24) is 24.4 Å². The first kappa shape index (κ1) is 19.5. The van der Waals surface area contributed by atoms with E-state index < -0.39 is 6.10 Å². The number of hydrogen-bond acceptors (Lipinski definition) is 8. The summed E-state index contributed by atoms with van der Waals surface area (Å²) < 4.78 is 12.9. The van der Waals surface area contributed by atoms with E-state index in [1.54, 1.807) is 12.7 Å². The first-order valence-corrected chi connectivity index (χ1v) is 10.1. The van der Waals surface area contributed by atoms with Crippen LogP contribution in [0.5, 0.6) is 0 Å². The minimum absolute atomic E-state index is 0.102. The summed E-state index contributed by atoms with van der Waals surface area (Å²) >= 11 is 0. The number of nitrogens with zero attached hydrogens (tertiary/aromatic N) is 6. The van der Waals surface area contributed by atoms with Gasteiger partial charge in [0.1, 0.15) is 6.33 Å². The Morgan fingerprint density at radius 2 is 2.04 bits per heavy atom. The Kier molecular flexibility index (Phi) is 6.05. The van der Waals surface area contributed by atoms with E-state index in [4.69, 9.17) is 9.47 Å². The summed E-state index contributed by atoms with van der Waals surface area (Å²) in [4.78, 5) is 18.1. The number of likely N-dealkylation sites (N-methyl/N-ethyl adjacent to an activating group) is 1. The van der Waals surface area contributed by atoms with E-state index in [0.29, 0.717) is 6.54 Å². The third kappa shape index (κ3) is 4.12. The molecule has 0 radical (unpaired) electrons. The molecule has 2 aromatic heterocycles. The molecule has 4 heterocycles. The van der Waals surface area contributed by atoms with Gasteiger partial charge in [0.05, 0.1) is 38.3 Å². The molecule has 0 spiro atoms. The molecule has 0 aliphatic carbocycles. The molecule has 0 aromatic carbocycles. The lowest BCUT2D eigenvalue weighted by Crippen LogP contribution is -2.45. The highest BCUT2D eigenvalue weighted by atomic mass is 16.5. The minimum Gasteiger partial charge on any atom is -0.389 e. The third-order valence-electron chi connectivity index (χ3n) is 5.78. The molecule has 4 rings (SSSR count). The van der Waals surface area contributed by atoms with Crippen LogP contribution in [0.15, 0.2) is 12.7 Å². The van der Waals surface area contributed by atoms with Crippen LogP contribution in [-0.4, -0.2) is 94.3 Å². The van der Waals surface area contributed by atoms with Gasteiger partial charge in [-0.05, 0) is 19.8 Å². The van der Waals surface area contributed by atoms with Gasteiger partial charge in [-0.2, -0.15) is 0 Å². The third-order valence-corrected chi connectivity index (χ3v) is 5.78. The van der Waals surface area contributed by atoms with E-state index in [9.17, 15) is 5.11 Å². The van der Waals surface area contributed by atoms with E-state index in [1.165, 1.54) is 0 Å². The van der Waals surface area contributed by atoms with Crippen LogP contribution in [0.4, 0.5) is 5.82 Å². The monoisotopic (exact) mass is 390 g/mol. The number of fused-ring (bicyclic) bond motifs is 1. The fourth-order valence-corrected chi connectivity index (χ4v) is 3.97. The zero-order chi connectivity index (χ0) is 19.5. The van der Waals surface area contributed by atoms with Gasteiger partial charge in [-0.3, -0.25) is 4.90 Å². The molecule has 3 atom stereocenters. The second-order valence-corrected chi connectivity index (χ2v) is 7.76. The van der Waals surface area contributed by atoms with Crippen LogP contribution in [0.3, 0.4) is 0 Å². The van der Waals surface area contributed by atoms with Crippen LogP contribution < -0.4 is 4.90 Å². The summed E-state index contributed by atoms with van der Waals surface area (Å²) in [6, 6.07) is 0.277. The Bertz CT molecular complexity index is 772. The number of morpholine rings is 1. The van der Waals surface area contributed by atoms with Crippen molar-refractivity contribution in [2.75, 3.05) is 51.4 Å². The minimum atomic E-state index is -0.559. The number of rotatable bonds is 7. The highest BCUT2D eigenvalue weighted by molar-refractivity contribution is 5.83. The molecule has 3 unspecified atom stereocenters. The summed E-state index contributed by atoms with van der Waals surface area (Å²) in [7, 11) is 2.05.